The standard InChI is InChI=1S/C16H17ClN2OS/c17-15-10-14(21-12-13-4-2-1-3-5-13)11-16(18-15)19-6-8-20-9-7-19/h1-5,10-11H,6-9,12H2. The molecular formula is C16H17ClN2OS. The minimum atomic E-state index is 0.551. The molecule has 3 rings (SSSR count). The molecule has 3 nitrogen and oxygen atoms in total. The van der Waals surface area contributed by atoms with Gasteiger partial charge >= 0.3 is 0 Å². The molecule has 1 saturated heterocycles. The molecule has 0 unspecified atom stereocenters. The van der Waals surface area contributed by atoms with Gasteiger partial charge in [0.2, 0.25) is 0 Å². The second-order valence-electron chi connectivity index (χ2n) is 4.86. The van der Waals surface area contributed by atoms with Gasteiger partial charge in [0.25, 0.3) is 0 Å². The molecule has 2 aromatic rings. The molecule has 0 N–H and O–H groups in total. The second kappa shape index (κ2) is 7.16. The van der Waals surface area contributed by atoms with Crippen molar-refractivity contribution in [2.45, 2.75) is 10.6 Å². The van der Waals surface area contributed by atoms with E-state index in [2.05, 4.69) is 40.2 Å². The van der Waals surface area contributed by atoms with Crippen LogP contribution in [0.1, 0.15) is 5.56 Å². The summed E-state index contributed by atoms with van der Waals surface area (Å²) >= 11 is 7.95. The smallest absolute Gasteiger partial charge is 0.132 e. The van der Waals surface area contributed by atoms with Crippen LogP contribution in [0.4, 0.5) is 5.82 Å². The normalized spacial score (nSPS) is 15.2. The zero-order valence-electron chi connectivity index (χ0n) is 11.7. The van der Waals surface area contributed by atoms with Crippen LogP contribution in [-0.4, -0.2) is 31.3 Å². The number of hydrogen-bond donors (Lipinski definition) is 0. The van der Waals surface area contributed by atoms with Crippen LogP contribution in [0.5, 0.6) is 0 Å². The van der Waals surface area contributed by atoms with Gasteiger partial charge in [-0.3, -0.25) is 0 Å². The van der Waals surface area contributed by atoms with Crippen molar-refractivity contribution >= 4 is 29.2 Å². The largest absolute Gasteiger partial charge is 0.378 e. The summed E-state index contributed by atoms with van der Waals surface area (Å²) in [6, 6.07) is 14.5. The van der Waals surface area contributed by atoms with Gasteiger partial charge in [0.1, 0.15) is 11.0 Å². The van der Waals surface area contributed by atoms with E-state index in [9.17, 15) is 0 Å². The molecule has 1 aliphatic heterocycles. The molecule has 0 aliphatic carbocycles. The first kappa shape index (κ1) is 14.7. The molecule has 1 aromatic carbocycles. The van der Waals surface area contributed by atoms with Crippen LogP contribution in [0, 0.1) is 0 Å². The van der Waals surface area contributed by atoms with E-state index in [1.165, 1.54) is 5.56 Å². The molecule has 1 aromatic heterocycles. The van der Waals surface area contributed by atoms with Gasteiger partial charge in [0.05, 0.1) is 13.2 Å². The molecule has 0 radical (unpaired) electrons. The fourth-order valence-corrected chi connectivity index (χ4v) is 3.42. The van der Waals surface area contributed by atoms with Crippen LogP contribution in [0.3, 0.4) is 0 Å². The summed E-state index contributed by atoms with van der Waals surface area (Å²) in [4.78, 5) is 7.81. The van der Waals surface area contributed by atoms with E-state index >= 15 is 0 Å². The van der Waals surface area contributed by atoms with Gasteiger partial charge in [-0.15, -0.1) is 11.8 Å². The van der Waals surface area contributed by atoms with E-state index in [1.807, 2.05) is 12.1 Å². The molecule has 5 heteroatoms. The first-order valence-electron chi connectivity index (χ1n) is 6.98. The lowest BCUT2D eigenvalue weighted by atomic mass is 10.2. The van der Waals surface area contributed by atoms with Gasteiger partial charge in [-0.25, -0.2) is 4.98 Å². The molecule has 21 heavy (non-hydrogen) atoms. The van der Waals surface area contributed by atoms with Crippen LogP contribution in [0.2, 0.25) is 5.15 Å². The highest BCUT2D eigenvalue weighted by Crippen LogP contribution is 2.28. The number of benzene rings is 1. The van der Waals surface area contributed by atoms with Crippen molar-refractivity contribution in [2.75, 3.05) is 31.2 Å². The molecule has 2 heterocycles. The number of ether oxygens (including phenoxy) is 1. The Hall–Kier alpha value is -1.23. The van der Waals surface area contributed by atoms with E-state index in [0.29, 0.717) is 5.15 Å². The van der Waals surface area contributed by atoms with Crippen molar-refractivity contribution in [1.82, 2.24) is 4.98 Å². The highest BCUT2D eigenvalue weighted by molar-refractivity contribution is 7.98. The average Bonchev–Trinajstić information content (AvgIpc) is 2.54. The Morgan fingerprint density at radius 2 is 1.90 bits per heavy atom. The molecule has 1 fully saturated rings. The topological polar surface area (TPSA) is 25.4 Å². The molecular weight excluding hydrogens is 304 g/mol. The number of aromatic nitrogens is 1. The van der Waals surface area contributed by atoms with Crippen molar-refractivity contribution in [3.63, 3.8) is 0 Å². The van der Waals surface area contributed by atoms with Crippen molar-refractivity contribution in [2.24, 2.45) is 0 Å². The second-order valence-corrected chi connectivity index (χ2v) is 6.29. The van der Waals surface area contributed by atoms with Gasteiger partial charge in [-0.2, -0.15) is 0 Å². The van der Waals surface area contributed by atoms with E-state index in [4.69, 9.17) is 16.3 Å². The number of morpholine rings is 1. The van der Waals surface area contributed by atoms with Crippen molar-refractivity contribution < 1.29 is 4.74 Å². The Bertz CT molecular complexity index is 588. The Morgan fingerprint density at radius 3 is 2.67 bits per heavy atom. The van der Waals surface area contributed by atoms with Crippen LogP contribution in [0.25, 0.3) is 0 Å². The third kappa shape index (κ3) is 4.13. The first-order chi connectivity index (χ1) is 10.3. The number of thioether (sulfide) groups is 1. The van der Waals surface area contributed by atoms with Crippen LogP contribution < -0.4 is 4.90 Å². The minimum Gasteiger partial charge on any atom is -0.378 e. The summed E-state index contributed by atoms with van der Waals surface area (Å²) in [5.74, 6) is 1.88. The van der Waals surface area contributed by atoms with E-state index in [0.717, 1.165) is 42.8 Å². The lowest BCUT2D eigenvalue weighted by Gasteiger charge is -2.28. The molecule has 0 bridgehead atoms. The third-order valence-electron chi connectivity index (χ3n) is 3.34. The van der Waals surface area contributed by atoms with Gasteiger partial charge in [0.15, 0.2) is 0 Å². The van der Waals surface area contributed by atoms with E-state index < -0.39 is 0 Å². The Kier molecular flexibility index (Phi) is 5.01. The summed E-state index contributed by atoms with van der Waals surface area (Å²) < 4.78 is 5.38. The van der Waals surface area contributed by atoms with Crippen molar-refractivity contribution in [3.05, 3.63) is 53.2 Å². The zero-order chi connectivity index (χ0) is 14.5. The van der Waals surface area contributed by atoms with Crippen molar-refractivity contribution in [3.8, 4) is 0 Å². The predicted molar refractivity (Wildman–Crippen MR) is 88.3 cm³/mol. The van der Waals surface area contributed by atoms with Crippen LogP contribution in [0.15, 0.2) is 47.4 Å². The van der Waals surface area contributed by atoms with E-state index in [1.54, 1.807) is 11.8 Å². The lowest BCUT2D eigenvalue weighted by molar-refractivity contribution is 0.122. The molecule has 0 amide bonds. The summed E-state index contributed by atoms with van der Waals surface area (Å²) in [6.07, 6.45) is 0. The fourth-order valence-electron chi connectivity index (χ4n) is 2.24. The molecule has 0 atom stereocenters. The maximum atomic E-state index is 6.17. The number of anilines is 1. The monoisotopic (exact) mass is 320 g/mol. The summed E-state index contributed by atoms with van der Waals surface area (Å²) in [5, 5.41) is 0.551. The molecule has 0 saturated carbocycles. The summed E-state index contributed by atoms with van der Waals surface area (Å²) in [5.41, 5.74) is 1.31. The van der Waals surface area contributed by atoms with Gasteiger partial charge in [0, 0.05) is 23.7 Å². The van der Waals surface area contributed by atoms with Gasteiger partial charge in [-0.1, -0.05) is 41.9 Å². The quantitative estimate of drug-likeness (QED) is 0.631. The zero-order valence-corrected chi connectivity index (χ0v) is 13.2. The van der Waals surface area contributed by atoms with Crippen molar-refractivity contribution in [1.29, 1.82) is 0 Å². The summed E-state index contributed by atoms with van der Waals surface area (Å²) in [6.45, 7) is 3.24. The molecule has 110 valence electrons. The first-order valence-corrected chi connectivity index (χ1v) is 8.34. The van der Waals surface area contributed by atoms with Gasteiger partial charge < -0.3 is 9.64 Å². The Labute approximate surface area is 134 Å². The third-order valence-corrected chi connectivity index (χ3v) is 4.58. The number of halogens is 1. The number of nitrogens with zero attached hydrogens (tertiary/aromatic N) is 2. The highest BCUT2D eigenvalue weighted by Gasteiger charge is 2.14. The van der Waals surface area contributed by atoms with Crippen LogP contribution in [-0.2, 0) is 10.5 Å². The predicted octanol–water partition coefficient (Wildman–Crippen LogP) is 3.86. The maximum absolute atomic E-state index is 6.17. The molecule has 0 spiro atoms. The average molecular weight is 321 g/mol. The number of rotatable bonds is 4. The molecule has 1 aliphatic rings. The number of pyridine rings is 1. The highest BCUT2D eigenvalue weighted by atomic mass is 35.5. The van der Waals surface area contributed by atoms with Crippen LogP contribution >= 0.6 is 23.4 Å². The summed E-state index contributed by atoms with van der Waals surface area (Å²) in [7, 11) is 0. The Balaban J connectivity index is 1.71. The van der Waals surface area contributed by atoms with Gasteiger partial charge in [-0.05, 0) is 17.7 Å². The number of hydrogen-bond acceptors (Lipinski definition) is 4. The minimum absolute atomic E-state index is 0.551. The SMILES string of the molecule is Clc1cc(SCc2ccccc2)cc(N2CCOCC2)n1. The lowest BCUT2D eigenvalue weighted by Crippen LogP contribution is -2.36. The Morgan fingerprint density at radius 1 is 1.14 bits per heavy atom. The fraction of sp³-hybridized carbons (Fsp3) is 0.312. The van der Waals surface area contributed by atoms with E-state index in [-0.39, 0.29) is 0 Å². The maximum Gasteiger partial charge on any atom is 0.132 e.